The highest BCUT2D eigenvalue weighted by Crippen LogP contribution is 2.21. The van der Waals surface area contributed by atoms with Crippen LogP contribution in [0.5, 0.6) is 0 Å². The number of carbonyl (C=O) groups is 2. The molecule has 0 spiro atoms. The van der Waals surface area contributed by atoms with Crippen LogP contribution in [0.3, 0.4) is 0 Å². The molecule has 0 fully saturated rings. The lowest BCUT2D eigenvalue weighted by atomic mass is 10.0. The molecule has 0 saturated carbocycles. The van der Waals surface area contributed by atoms with Gasteiger partial charge in [0, 0.05) is 12.8 Å². The molecule has 0 aromatic rings. The van der Waals surface area contributed by atoms with E-state index in [-0.39, 0.29) is 18.5 Å². The summed E-state index contributed by atoms with van der Waals surface area (Å²) in [4.78, 5) is 24.7. The SMILES string of the molecule is CCCCCCCCCCCCCCCCCCCCCCCCCCC(O)C(CO)NC(=O)CCCCCCCCCCCCCCCC/C=C\CCCCCCCCCCCCCCOC(=O)CCCCCCCCCCCCCCCCCCC. The smallest absolute Gasteiger partial charge is 0.305 e. The lowest BCUT2D eigenvalue weighted by Gasteiger charge is -2.22. The van der Waals surface area contributed by atoms with Crippen LogP contribution < -0.4 is 5.32 Å². The van der Waals surface area contributed by atoms with Gasteiger partial charge >= 0.3 is 5.97 Å². The Bertz CT molecular complexity index is 1340. The second-order valence-corrected chi connectivity index (χ2v) is 28.5. The molecule has 0 aromatic heterocycles. The monoisotopic (exact) mass is 1240 g/mol. The van der Waals surface area contributed by atoms with Gasteiger partial charge in [0.2, 0.25) is 5.91 Å². The largest absolute Gasteiger partial charge is 0.466 e. The maximum Gasteiger partial charge on any atom is 0.305 e. The van der Waals surface area contributed by atoms with E-state index in [1.807, 2.05) is 0 Å². The Labute approximate surface area is 552 Å². The van der Waals surface area contributed by atoms with Crippen molar-refractivity contribution in [1.29, 1.82) is 0 Å². The van der Waals surface area contributed by atoms with Crippen LogP contribution in [0.25, 0.3) is 0 Å². The average Bonchev–Trinajstić information content (AvgIpc) is 3.60. The maximum atomic E-state index is 12.6. The number of aliphatic hydroxyl groups is 2. The number of carbonyl (C=O) groups excluding carboxylic acids is 2. The van der Waals surface area contributed by atoms with E-state index in [1.165, 1.54) is 405 Å². The van der Waals surface area contributed by atoms with Crippen LogP contribution >= 0.6 is 0 Å². The zero-order valence-corrected chi connectivity index (χ0v) is 60.3. The van der Waals surface area contributed by atoms with E-state index in [4.69, 9.17) is 4.74 Å². The molecule has 0 bridgehead atoms. The van der Waals surface area contributed by atoms with E-state index in [2.05, 4.69) is 31.3 Å². The molecule has 2 atom stereocenters. The average molecular weight is 1240 g/mol. The van der Waals surface area contributed by atoms with Crippen LogP contribution in [0.15, 0.2) is 12.2 Å². The molecule has 6 nitrogen and oxygen atoms in total. The quantitative estimate of drug-likeness (QED) is 0.0320. The summed E-state index contributed by atoms with van der Waals surface area (Å²) in [6, 6.07) is -0.541. The normalized spacial score (nSPS) is 12.5. The summed E-state index contributed by atoms with van der Waals surface area (Å²) in [6.07, 6.45) is 98.8. The zero-order valence-electron chi connectivity index (χ0n) is 60.3. The summed E-state index contributed by atoms with van der Waals surface area (Å²) in [5.41, 5.74) is 0. The first kappa shape index (κ1) is 86.6. The number of hydrogen-bond acceptors (Lipinski definition) is 5. The Balaban J connectivity index is 3.35. The van der Waals surface area contributed by atoms with E-state index in [0.29, 0.717) is 25.9 Å². The van der Waals surface area contributed by atoms with Crippen LogP contribution in [-0.2, 0) is 14.3 Å². The first-order valence-corrected chi connectivity index (χ1v) is 40.9. The Morgan fingerprint density at radius 3 is 0.807 bits per heavy atom. The van der Waals surface area contributed by atoms with Crippen molar-refractivity contribution in [2.75, 3.05) is 13.2 Å². The fourth-order valence-electron chi connectivity index (χ4n) is 13.3. The van der Waals surface area contributed by atoms with Gasteiger partial charge in [-0.3, -0.25) is 9.59 Å². The minimum absolute atomic E-state index is 0.0226. The fourth-order valence-corrected chi connectivity index (χ4v) is 13.3. The number of amides is 1. The molecule has 0 saturated heterocycles. The van der Waals surface area contributed by atoms with Crippen LogP contribution in [0, 0.1) is 0 Å². The maximum absolute atomic E-state index is 12.6. The zero-order chi connectivity index (χ0) is 63.5. The van der Waals surface area contributed by atoms with E-state index in [0.717, 1.165) is 38.5 Å². The second kappa shape index (κ2) is 78.0. The number of allylic oxidation sites excluding steroid dienone is 2. The van der Waals surface area contributed by atoms with Crippen LogP contribution in [-0.4, -0.2) is 47.4 Å². The van der Waals surface area contributed by atoms with E-state index >= 15 is 0 Å². The van der Waals surface area contributed by atoms with Gasteiger partial charge in [0.05, 0.1) is 25.4 Å². The molecule has 524 valence electrons. The molecule has 0 aromatic carbocycles. The highest BCUT2D eigenvalue weighted by Gasteiger charge is 2.20. The molecule has 0 aliphatic carbocycles. The van der Waals surface area contributed by atoms with Gasteiger partial charge in [-0.15, -0.1) is 0 Å². The molecule has 0 rings (SSSR count). The summed E-state index contributed by atoms with van der Waals surface area (Å²) in [7, 11) is 0. The molecule has 2 unspecified atom stereocenters. The Hall–Kier alpha value is -1.40. The van der Waals surface area contributed by atoms with Crippen molar-refractivity contribution in [3.63, 3.8) is 0 Å². The van der Waals surface area contributed by atoms with Crippen molar-refractivity contribution < 1.29 is 24.5 Å². The Morgan fingerprint density at radius 2 is 0.534 bits per heavy atom. The van der Waals surface area contributed by atoms with Crippen molar-refractivity contribution in [3.05, 3.63) is 12.2 Å². The lowest BCUT2D eigenvalue weighted by molar-refractivity contribution is -0.143. The minimum atomic E-state index is -0.664. The van der Waals surface area contributed by atoms with Crippen molar-refractivity contribution in [2.45, 2.75) is 488 Å². The van der Waals surface area contributed by atoms with Crippen LogP contribution in [0.2, 0.25) is 0 Å². The summed E-state index contributed by atoms with van der Waals surface area (Å²) < 4.78 is 5.51. The van der Waals surface area contributed by atoms with Gasteiger partial charge in [-0.25, -0.2) is 0 Å². The Kier molecular flexibility index (Phi) is 76.8. The number of esters is 1. The standard InChI is InChI=1S/C82H161NO5/c1-3-5-7-9-11-13-15-17-19-21-22-23-24-33-36-39-43-46-50-54-58-62-66-70-74-80(85)79(78-84)83-81(86)75-71-67-63-59-55-51-47-44-40-37-34-31-29-27-25-26-28-30-32-35-38-41-45-49-53-57-61-65-69-73-77-88-82(87)76-72-68-64-60-56-52-48-42-20-18-16-14-12-10-8-6-4-2/h26,28,79-80,84-85H,3-25,27,29-78H2,1-2H3,(H,83,86)/b28-26-. The molecule has 0 radical (unpaired) electrons. The summed E-state index contributed by atoms with van der Waals surface area (Å²) in [5.74, 6) is -0.00458. The third kappa shape index (κ3) is 73.6. The third-order valence-corrected chi connectivity index (χ3v) is 19.6. The van der Waals surface area contributed by atoms with Gasteiger partial charge in [0.25, 0.3) is 0 Å². The minimum Gasteiger partial charge on any atom is -0.466 e. The molecule has 6 heteroatoms. The highest BCUT2D eigenvalue weighted by molar-refractivity contribution is 5.76. The highest BCUT2D eigenvalue weighted by atomic mass is 16.5. The molecular weight excluding hydrogens is 1080 g/mol. The molecule has 0 heterocycles. The molecule has 1 amide bonds. The lowest BCUT2D eigenvalue weighted by Crippen LogP contribution is -2.45. The molecule has 3 N–H and O–H groups in total. The van der Waals surface area contributed by atoms with Crippen molar-refractivity contribution in [3.8, 4) is 0 Å². The number of ether oxygens (including phenoxy) is 1. The second-order valence-electron chi connectivity index (χ2n) is 28.5. The molecule has 0 aliphatic rings. The molecule has 0 aliphatic heterocycles. The number of rotatable bonds is 78. The van der Waals surface area contributed by atoms with E-state index in [1.54, 1.807) is 0 Å². The summed E-state index contributed by atoms with van der Waals surface area (Å²) >= 11 is 0. The van der Waals surface area contributed by atoms with Gasteiger partial charge in [-0.05, 0) is 51.4 Å². The van der Waals surface area contributed by atoms with Crippen molar-refractivity contribution in [2.24, 2.45) is 0 Å². The van der Waals surface area contributed by atoms with Gasteiger partial charge in [-0.2, -0.15) is 0 Å². The molecule has 88 heavy (non-hydrogen) atoms. The van der Waals surface area contributed by atoms with Gasteiger partial charge in [0.1, 0.15) is 0 Å². The first-order valence-electron chi connectivity index (χ1n) is 40.9. The predicted molar refractivity (Wildman–Crippen MR) is 389 cm³/mol. The van der Waals surface area contributed by atoms with Crippen molar-refractivity contribution >= 4 is 11.9 Å². The topological polar surface area (TPSA) is 95.9 Å². The third-order valence-electron chi connectivity index (χ3n) is 19.6. The fraction of sp³-hybridized carbons (Fsp3) is 0.951. The summed E-state index contributed by atoms with van der Waals surface area (Å²) in [5, 5.41) is 23.5. The number of hydrogen-bond donors (Lipinski definition) is 3. The van der Waals surface area contributed by atoms with Crippen molar-refractivity contribution in [1.82, 2.24) is 5.32 Å². The first-order chi connectivity index (χ1) is 43.5. The van der Waals surface area contributed by atoms with E-state index in [9.17, 15) is 19.8 Å². The number of unbranched alkanes of at least 4 members (excludes halogenated alkanes) is 65. The van der Waals surface area contributed by atoms with Gasteiger partial charge < -0.3 is 20.3 Å². The van der Waals surface area contributed by atoms with Crippen LogP contribution in [0.4, 0.5) is 0 Å². The van der Waals surface area contributed by atoms with Crippen LogP contribution in [0.1, 0.15) is 476 Å². The Morgan fingerprint density at radius 1 is 0.307 bits per heavy atom. The van der Waals surface area contributed by atoms with E-state index < -0.39 is 12.1 Å². The predicted octanol–water partition coefficient (Wildman–Crippen LogP) is 27.1. The number of nitrogens with one attached hydrogen (secondary N) is 1. The number of aliphatic hydroxyl groups excluding tert-OH is 2. The summed E-state index contributed by atoms with van der Waals surface area (Å²) in [6.45, 7) is 5.02. The molecular formula is C82H161NO5. The van der Waals surface area contributed by atoms with Gasteiger partial charge in [0.15, 0.2) is 0 Å². The van der Waals surface area contributed by atoms with Gasteiger partial charge in [-0.1, -0.05) is 424 Å².